The number of nitrogens with one attached hydrogen (secondary N) is 1. The van der Waals surface area contributed by atoms with Crippen molar-refractivity contribution in [3.05, 3.63) is 18.2 Å². The third kappa shape index (κ3) is 3.62. The molecule has 4 rings (SSSR count). The molecule has 1 aromatic heterocycles. The van der Waals surface area contributed by atoms with Crippen LogP contribution in [0, 0.1) is 0 Å². The number of anilines is 1. The molecule has 0 saturated heterocycles. The van der Waals surface area contributed by atoms with Gasteiger partial charge in [-0.05, 0) is 42.3 Å². The number of carbonyl (C=O) groups excluding carboxylic acids is 1. The zero-order valence-electron chi connectivity index (χ0n) is 14.6. The molecule has 138 valence electrons. The molecule has 1 N–H and O–H groups in total. The standard InChI is InChI=1S/C17H21N5O3S/c1-11(16(23)18-12-7-8-14-15(9-12)25-10-24-14)26-17-19-20-21-22(17)13-5-3-2-4-6-13/h7-9,11,13H,2-6,10H2,1H3,(H,18,23). The molecule has 9 heteroatoms. The Balaban J connectivity index is 1.39. The van der Waals surface area contributed by atoms with Crippen molar-refractivity contribution < 1.29 is 14.3 Å². The second-order valence-electron chi connectivity index (χ2n) is 6.52. The number of carbonyl (C=O) groups is 1. The highest BCUT2D eigenvalue weighted by atomic mass is 32.2. The number of thioether (sulfide) groups is 1. The van der Waals surface area contributed by atoms with Crippen LogP contribution in [0.4, 0.5) is 5.69 Å². The monoisotopic (exact) mass is 375 g/mol. The molecule has 1 saturated carbocycles. The van der Waals surface area contributed by atoms with Crippen molar-refractivity contribution in [3.8, 4) is 11.5 Å². The summed E-state index contributed by atoms with van der Waals surface area (Å²) >= 11 is 1.38. The first-order valence-corrected chi connectivity index (χ1v) is 9.74. The molecule has 2 aromatic rings. The largest absolute Gasteiger partial charge is 0.454 e. The van der Waals surface area contributed by atoms with Crippen LogP contribution < -0.4 is 14.8 Å². The fourth-order valence-electron chi connectivity index (χ4n) is 3.25. The highest BCUT2D eigenvalue weighted by molar-refractivity contribution is 8.00. The first-order chi connectivity index (χ1) is 12.7. The molecule has 1 aromatic carbocycles. The van der Waals surface area contributed by atoms with Gasteiger partial charge in [0.25, 0.3) is 0 Å². The quantitative estimate of drug-likeness (QED) is 0.803. The molecule has 1 amide bonds. The van der Waals surface area contributed by atoms with Crippen LogP contribution in [0.15, 0.2) is 23.4 Å². The van der Waals surface area contributed by atoms with Crippen LogP contribution in [0.3, 0.4) is 0 Å². The van der Waals surface area contributed by atoms with Gasteiger partial charge in [-0.15, -0.1) is 5.10 Å². The summed E-state index contributed by atoms with van der Waals surface area (Å²) in [6.45, 7) is 2.07. The molecule has 2 heterocycles. The smallest absolute Gasteiger partial charge is 0.237 e. The Morgan fingerprint density at radius 2 is 2.08 bits per heavy atom. The van der Waals surface area contributed by atoms with Gasteiger partial charge in [-0.1, -0.05) is 31.0 Å². The minimum absolute atomic E-state index is 0.105. The molecule has 0 spiro atoms. The van der Waals surface area contributed by atoms with E-state index in [9.17, 15) is 4.79 Å². The molecule has 2 aliphatic rings. The number of aromatic nitrogens is 4. The van der Waals surface area contributed by atoms with Crippen molar-refractivity contribution in [2.24, 2.45) is 0 Å². The normalized spacial score (nSPS) is 17.9. The van der Waals surface area contributed by atoms with Gasteiger partial charge >= 0.3 is 0 Å². The van der Waals surface area contributed by atoms with Crippen LogP contribution in [0.25, 0.3) is 0 Å². The Labute approximate surface area is 155 Å². The summed E-state index contributed by atoms with van der Waals surface area (Å²) in [4.78, 5) is 12.5. The maximum atomic E-state index is 12.5. The van der Waals surface area contributed by atoms with E-state index in [2.05, 4.69) is 20.8 Å². The number of amides is 1. The van der Waals surface area contributed by atoms with E-state index in [4.69, 9.17) is 9.47 Å². The number of nitrogens with zero attached hydrogens (tertiary/aromatic N) is 4. The third-order valence-corrected chi connectivity index (χ3v) is 5.72. The summed E-state index contributed by atoms with van der Waals surface area (Å²) in [6.07, 6.45) is 5.87. The van der Waals surface area contributed by atoms with Gasteiger partial charge in [0.05, 0.1) is 11.3 Å². The molecule has 1 unspecified atom stereocenters. The minimum Gasteiger partial charge on any atom is -0.454 e. The van der Waals surface area contributed by atoms with Crippen LogP contribution in [0.5, 0.6) is 11.5 Å². The van der Waals surface area contributed by atoms with Crippen LogP contribution in [-0.4, -0.2) is 38.2 Å². The van der Waals surface area contributed by atoms with E-state index in [1.54, 1.807) is 18.2 Å². The maximum Gasteiger partial charge on any atom is 0.237 e. The summed E-state index contributed by atoms with van der Waals surface area (Å²) in [5.41, 5.74) is 0.679. The summed E-state index contributed by atoms with van der Waals surface area (Å²) in [7, 11) is 0. The molecular formula is C17H21N5O3S. The van der Waals surface area contributed by atoms with Gasteiger partial charge in [0.1, 0.15) is 0 Å². The second-order valence-corrected chi connectivity index (χ2v) is 7.82. The average Bonchev–Trinajstić information content (AvgIpc) is 3.31. The number of tetrazole rings is 1. The number of benzene rings is 1. The highest BCUT2D eigenvalue weighted by Crippen LogP contribution is 2.35. The first-order valence-electron chi connectivity index (χ1n) is 8.86. The van der Waals surface area contributed by atoms with Crippen molar-refractivity contribution in [3.63, 3.8) is 0 Å². The van der Waals surface area contributed by atoms with E-state index in [1.807, 2.05) is 11.6 Å². The molecule has 0 bridgehead atoms. The summed E-state index contributed by atoms with van der Waals surface area (Å²) < 4.78 is 12.5. The van der Waals surface area contributed by atoms with Crippen molar-refractivity contribution in [2.45, 2.75) is 55.5 Å². The molecule has 8 nitrogen and oxygen atoms in total. The maximum absolute atomic E-state index is 12.5. The molecule has 26 heavy (non-hydrogen) atoms. The first kappa shape index (κ1) is 17.1. The third-order valence-electron chi connectivity index (χ3n) is 4.67. The lowest BCUT2D eigenvalue weighted by atomic mass is 9.96. The van der Waals surface area contributed by atoms with Gasteiger partial charge in [0, 0.05) is 11.8 Å². The van der Waals surface area contributed by atoms with Crippen molar-refractivity contribution in [1.82, 2.24) is 20.2 Å². The minimum atomic E-state index is -0.325. The molecule has 0 radical (unpaired) electrons. The Morgan fingerprint density at radius 1 is 1.27 bits per heavy atom. The Kier molecular flexibility index (Phi) is 4.96. The van der Waals surface area contributed by atoms with Crippen LogP contribution >= 0.6 is 11.8 Å². The second kappa shape index (κ2) is 7.53. The van der Waals surface area contributed by atoms with Crippen LogP contribution in [0.2, 0.25) is 0 Å². The number of hydrogen-bond acceptors (Lipinski definition) is 7. The van der Waals surface area contributed by atoms with Gasteiger partial charge in [0.15, 0.2) is 11.5 Å². The number of fused-ring (bicyclic) bond motifs is 1. The average molecular weight is 375 g/mol. The van der Waals surface area contributed by atoms with Gasteiger partial charge in [-0.3, -0.25) is 4.79 Å². The lowest BCUT2D eigenvalue weighted by molar-refractivity contribution is -0.115. The van der Waals surface area contributed by atoms with Crippen molar-refractivity contribution in [2.75, 3.05) is 12.1 Å². The van der Waals surface area contributed by atoms with Crippen LogP contribution in [-0.2, 0) is 4.79 Å². The molecular weight excluding hydrogens is 354 g/mol. The Hall–Kier alpha value is -2.29. The number of rotatable bonds is 5. The molecule has 1 aliphatic carbocycles. The summed E-state index contributed by atoms with van der Waals surface area (Å²) in [5.74, 6) is 1.23. The highest BCUT2D eigenvalue weighted by Gasteiger charge is 2.24. The zero-order valence-corrected chi connectivity index (χ0v) is 15.4. The predicted molar refractivity (Wildman–Crippen MR) is 96.5 cm³/mol. The Bertz CT molecular complexity index is 790. The van der Waals surface area contributed by atoms with E-state index < -0.39 is 0 Å². The lowest BCUT2D eigenvalue weighted by Crippen LogP contribution is -2.23. The summed E-state index contributed by atoms with van der Waals surface area (Å²) in [5, 5.41) is 15.4. The fourth-order valence-corrected chi connectivity index (χ4v) is 4.11. The molecule has 1 aliphatic heterocycles. The van der Waals surface area contributed by atoms with Gasteiger partial charge in [0.2, 0.25) is 17.9 Å². The van der Waals surface area contributed by atoms with Crippen molar-refractivity contribution >= 4 is 23.4 Å². The fraction of sp³-hybridized carbons (Fsp3) is 0.529. The Morgan fingerprint density at radius 3 is 2.92 bits per heavy atom. The van der Waals surface area contributed by atoms with E-state index in [0.717, 1.165) is 12.8 Å². The lowest BCUT2D eigenvalue weighted by Gasteiger charge is -2.22. The van der Waals surface area contributed by atoms with Crippen molar-refractivity contribution in [1.29, 1.82) is 0 Å². The number of hydrogen-bond donors (Lipinski definition) is 1. The van der Waals surface area contributed by atoms with E-state index in [0.29, 0.717) is 28.4 Å². The van der Waals surface area contributed by atoms with Gasteiger partial charge in [-0.2, -0.15) is 0 Å². The van der Waals surface area contributed by atoms with Gasteiger partial charge < -0.3 is 14.8 Å². The van der Waals surface area contributed by atoms with Crippen LogP contribution in [0.1, 0.15) is 45.1 Å². The van der Waals surface area contributed by atoms with E-state index in [1.165, 1.54) is 31.0 Å². The topological polar surface area (TPSA) is 91.2 Å². The molecule has 1 fully saturated rings. The zero-order chi connectivity index (χ0) is 17.9. The predicted octanol–water partition coefficient (Wildman–Crippen LogP) is 3.03. The van der Waals surface area contributed by atoms with Gasteiger partial charge in [-0.25, -0.2) is 4.68 Å². The summed E-state index contributed by atoms with van der Waals surface area (Å²) in [6, 6.07) is 5.70. The van der Waals surface area contributed by atoms with E-state index >= 15 is 0 Å². The SMILES string of the molecule is CC(Sc1nnnn1C1CCCCC1)C(=O)Nc1ccc2c(c1)OCO2. The van der Waals surface area contributed by atoms with E-state index in [-0.39, 0.29) is 18.0 Å². The number of ether oxygens (including phenoxy) is 2. The molecule has 1 atom stereocenters.